The van der Waals surface area contributed by atoms with Gasteiger partial charge in [-0.2, -0.15) is 0 Å². The van der Waals surface area contributed by atoms with Gasteiger partial charge in [0.2, 0.25) is 0 Å². The molecule has 3 rings (SSSR count). The van der Waals surface area contributed by atoms with Crippen molar-refractivity contribution in [3.05, 3.63) is 54.7 Å². The van der Waals surface area contributed by atoms with Gasteiger partial charge in [-0.15, -0.1) is 0 Å². The summed E-state index contributed by atoms with van der Waals surface area (Å²) in [6, 6.07) is 16.0. The second kappa shape index (κ2) is 5.21. The minimum absolute atomic E-state index is 0.771. The largest absolute Gasteiger partial charge is 0.497 e. The van der Waals surface area contributed by atoms with Crippen molar-refractivity contribution in [3.63, 3.8) is 0 Å². The number of fused-ring (bicyclic) bond motifs is 1. The molecule has 3 nitrogen and oxygen atoms in total. The van der Waals surface area contributed by atoms with Crippen LogP contribution < -0.4 is 9.47 Å². The smallest absolute Gasteiger partial charge is 0.123 e. The molecule has 0 atom stereocenters. The topological polar surface area (TPSA) is 31.4 Å². The third-order valence-electron chi connectivity index (χ3n) is 3.28. The second-order valence-electron chi connectivity index (χ2n) is 4.52. The van der Waals surface area contributed by atoms with Gasteiger partial charge in [0.25, 0.3) is 0 Å². The second-order valence-corrected chi connectivity index (χ2v) is 4.52. The maximum Gasteiger partial charge on any atom is 0.123 e. The monoisotopic (exact) mass is 265 g/mol. The minimum Gasteiger partial charge on any atom is -0.497 e. The molecule has 0 spiro atoms. The Kier molecular flexibility index (Phi) is 3.25. The van der Waals surface area contributed by atoms with Crippen molar-refractivity contribution in [2.24, 2.45) is 0 Å². The summed E-state index contributed by atoms with van der Waals surface area (Å²) in [6.45, 7) is 0. The zero-order valence-electron chi connectivity index (χ0n) is 11.5. The molecule has 2 aromatic carbocycles. The molecule has 0 amide bonds. The lowest BCUT2D eigenvalue weighted by atomic mass is 10.0. The van der Waals surface area contributed by atoms with E-state index in [0.717, 1.165) is 33.5 Å². The molecule has 100 valence electrons. The Morgan fingerprint density at radius 3 is 2.20 bits per heavy atom. The third-order valence-corrected chi connectivity index (χ3v) is 3.28. The average molecular weight is 265 g/mol. The molecule has 0 bridgehead atoms. The van der Waals surface area contributed by atoms with Gasteiger partial charge in [-0.25, -0.2) is 0 Å². The van der Waals surface area contributed by atoms with Crippen LogP contribution in [0.5, 0.6) is 11.5 Å². The summed E-state index contributed by atoms with van der Waals surface area (Å²) in [6.07, 6.45) is 1.87. The summed E-state index contributed by atoms with van der Waals surface area (Å²) < 4.78 is 10.6. The van der Waals surface area contributed by atoms with E-state index in [9.17, 15) is 0 Å². The van der Waals surface area contributed by atoms with Crippen LogP contribution in [0.1, 0.15) is 0 Å². The van der Waals surface area contributed by atoms with E-state index in [4.69, 9.17) is 9.47 Å². The standard InChI is InChI=1S/C17H15NO2/c1-19-15-8-13(9-16(10-15)20-2)14-7-12-5-3-4-6-17(12)18-11-14/h3-11H,1-2H3. The molecule has 1 aromatic heterocycles. The van der Waals surface area contributed by atoms with Crippen LogP contribution in [0, 0.1) is 0 Å². The molecule has 0 saturated carbocycles. The van der Waals surface area contributed by atoms with Crippen molar-refractivity contribution < 1.29 is 9.47 Å². The fourth-order valence-corrected chi connectivity index (χ4v) is 2.20. The Morgan fingerprint density at radius 1 is 0.800 bits per heavy atom. The van der Waals surface area contributed by atoms with Crippen LogP contribution in [0.4, 0.5) is 0 Å². The number of pyridine rings is 1. The summed E-state index contributed by atoms with van der Waals surface area (Å²) in [5.41, 5.74) is 3.06. The summed E-state index contributed by atoms with van der Waals surface area (Å²) in [4.78, 5) is 4.49. The summed E-state index contributed by atoms with van der Waals surface area (Å²) in [7, 11) is 3.30. The number of methoxy groups -OCH3 is 2. The average Bonchev–Trinajstić information content (AvgIpc) is 2.53. The molecule has 20 heavy (non-hydrogen) atoms. The van der Waals surface area contributed by atoms with Gasteiger partial charge in [-0.3, -0.25) is 4.98 Å². The number of para-hydroxylation sites is 1. The van der Waals surface area contributed by atoms with Gasteiger partial charge in [-0.05, 0) is 29.8 Å². The SMILES string of the molecule is COc1cc(OC)cc(-c2cnc3ccccc3c2)c1. The molecule has 0 unspecified atom stereocenters. The molecular weight excluding hydrogens is 250 g/mol. The highest BCUT2D eigenvalue weighted by molar-refractivity contribution is 5.83. The molecule has 0 aliphatic rings. The van der Waals surface area contributed by atoms with E-state index in [2.05, 4.69) is 17.1 Å². The van der Waals surface area contributed by atoms with Gasteiger partial charge in [0.05, 0.1) is 19.7 Å². The van der Waals surface area contributed by atoms with Gasteiger partial charge in [-0.1, -0.05) is 18.2 Å². The minimum atomic E-state index is 0.771. The molecule has 0 fully saturated rings. The van der Waals surface area contributed by atoms with Crippen LogP contribution in [0.15, 0.2) is 54.7 Å². The van der Waals surface area contributed by atoms with Crippen molar-refractivity contribution in [2.45, 2.75) is 0 Å². The summed E-state index contributed by atoms with van der Waals surface area (Å²) >= 11 is 0. The zero-order chi connectivity index (χ0) is 13.9. The van der Waals surface area contributed by atoms with Crippen molar-refractivity contribution in [1.29, 1.82) is 0 Å². The molecular formula is C17H15NO2. The number of benzene rings is 2. The van der Waals surface area contributed by atoms with Crippen molar-refractivity contribution in [3.8, 4) is 22.6 Å². The van der Waals surface area contributed by atoms with Gasteiger partial charge in [0, 0.05) is 23.2 Å². The normalized spacial score (nSPS) is 10.5. The highest BCUT2D eigenvalue weighted by Crippen LogP contribution is 2.30. The van der Waals surface area contributed by atoms with E-state index < -0.39 is 0 Å². The lowest BCUT2D eigenvalue weighted by Crippen LogP contribution is -1.89. The Hall–Kier alpha value is -2.55. The van der Waals surface area contributed by atoms with E-state index in [1.54, 1.807) is 14.2 Å². The molecule has 3 heteroatoms. The molecule has 1 heterocycles. The van der Waals surface area contributed by atoms with Gasteiger partial charge in [0.1, 0.15) is 11.5 Å². The summed E-state index contributed by atoms with van der Waals surface area (Å²) in [5, 5.41) is 1.12. The van der Waals surface area contributed by atoms with E-state index in [1.807, 2.05) is 42.6 Å². The first kappa shape index (κ1) is 12.5. The Balaban J connectivity index is 2.14. The quantitative estimate of drug-likeness (QED) is 0.719. The predicted octanol–water partition coefficient (Wildman–Crippen LogP) is 3.92. The number of rotatable bonds is 3. The Labute approximate surface area is 117 Å². The molecule has 0 aliphatic carbocycles. The van der Waals surface area contributed by atoms with E-state index >= 15 is 0 Å². The first-order chi connectivity index (χ1) is 9.80. The van der Waals surface area contributed by atoms with Crippen LogP contribution in [0.2, 0.25) is 0 Å². The number of aromatic nitrogens is 1. The first-order valence-electron chi connectivity index (χ1n) is 6.38. The molecule has 0 N–H and O–H groups in total. The highest BCUT2D eigenvalue weighted by Gasteiger charge is 2.05. The van der Waals surface area contributed by atoms with Crippen LogP contribution in [0.3, 0.4) is 0 Å². The van der Waals surface area contributed by atoms with E-state index in [-0.39, 0.29) is 0 Å². The number of ether oxygens (including phenoxy) is 2. The fraction of sp³-hybridized carbons (Fsp3) is 0.118. The maximum atomic E-state index is 5.31. The molecule has 3 aromatic rings. The zero-order valence-corrected chi connectivity index (χ0v) is 11.5. The Bertz CT molecular complexity index is 731. The van der Waals surface area contributed by atoms with Crippen molar-refractivity contribution in [2.75, 3.05) is 14.2 Å². The maximum absolute atomic E-state index is 5.31. The van der Waals surface area contributed by atoms with Crippen LogP contribution in [0.25, 0.3) is 22.0 Å². The fourth-order valence-electron chi connectivity index (χ4n) is 2.20. The summed E-state index contributed by atoms with van der Waals surface area (Å²) in [5.74, 6) is 1.54. The van der Waals surface area contributed by atoms with E-state index in [0.29, 0.717) is 0 Å². The van der Waals surface area contributed by atoms with Gasteiger partial charge < -0.3 is 9.47 Å². The number of hydrogen-bond donors (Lipinski definition) is 0. The highest BCUT2D eigenvalue weighted by atomic mass is 16.5. The first-order valence-corrected chi connectivity index (χ1v) is 6.38. The number of hydrogen-bond acceptors (Lipinski definition) is 3. The lowest BCUT2D eigenvalue weighted by Gasteiger charge is -2.09. The predicted molar refractivity (Wildman–Crippen MR) is 80.3 cm³/mol. The van der Waals surface area contributed by atoms with Gasteiger partial charge >= 0.3 is 0 Å². The van der Waals surface area contributed by atoms with Crippen LogP contribution in [-0.4, -0.2) is 19.2 Å². The van der Waals surface area contributed by atoms with Crippen LogP contribution in [-0.2, 0) is 0 Å². The molecule has 0 aliphatic heterocycles. The van der Waals surface area contributed by atoms with Crippen LogP contribution >= 0.6 is 0 Å². The third kappa shape index (κ3) is 2.30. The molecule has 0 radical (unpaired) electrons. The van der Waals surface area contributed by atoms with Crippen molar-refractivity contribution in [1.82, 2.24) is 4.98 Å². The molecule has 0 saturated heterocycles. The lowest BCUT2D eigenvalue weighted by molar-refractivity contribution is 0.394. The Morgan fingerprint density at radius 2 is 1.50 bits per heavy atom. The van der Waals surface area contributed by atoms with Crippen molar-refractivity contribution >= 4 is 10.9 Å². The number of nitrogens with zero attached hydrogens (tertiary/aromatic N) is 1. The van der Waals surface area contributed by atoms with E-state index in [1.165, 1.54) is 0 Å². The van der Waals surface area contributed by atoms with Gasteiger partial charge in [0.15, 0.2) is 0 Å².